The minimum Gasteiger partial charge on any atom is -0.466 e. The number of hydrogen-bond acceptors (Lipinski definition) is 6. The molecule has 0 spiro atoms. The molecule has 1 N–H and O–H groups in total. The number of nitrogens with one attached hydrogen (secondary N) is 1. The van der Waals surface area contributed by atoms with E-state index < -0.39 is 34.9 Å². The van der Waals surface area contributed by atoms with Gasteiger partial charge in [-0.3, -0.25) is 10.1 Å². The van der Waals surface area contributed by atoms with E-state index in [0.29, 0.717) is 12.3 Å². The first kappa shape index (κ1) is 16.7. The monoisotopic (exact) mass is 343 g/mol. The first-order valence-electron chi connectivity index (χ1n) is 5.95. The number of nitrogens with zero attached hydrogens (tertiary/aromatic N) is 2. The minimum absolute atomic E-state index is 0.0152. The third-order valence-corrected chi connectivity index (χ3v) is 3.42. The van der Waals surface area contributed by atoms with Crippen LogP contribution in [0.25, 0.3) is 0 Å². The predicted octanol–water partition coefficient (Wildman–Crippen LogP) is 1.71. The van der Waals surface area contributed by atoms with Gasteiger partial charge in [0.1, 0.15) is 5.82 Å². The first-order chi connectivity index (χ1) is 10.9. The van der Waals surface area contributed by atoms with E-state index in [-0.39, 0.29) is 10.1 Å². The molecule has 1 amide bonds. The third-order valence-electron chi connectivity index (χ3n) is 2.52. The van der Waals surface area contributed by atoms with Crippen LogP contribution in [-0.4, -0.2) is 30.4 Å². The van der Waals surface area contributed by atoms with Crippen molar-refractivity contribution in [2.24, 2.45) is 10.2 Å². The van der Waals surface area contributed by atoms with E-state index in [0.717, 1.165) is 31.0 Å². The lowest BCUT2D eigenvalue weighted by atomic mass is 10.2. The van der Waals surface area contributed by atoms with Crippen molar-refractivity contribution < 1.29 is 27.5 Å². The van der Waals surface area contributed by atoms with Crippen LogP contribution in [0, 0.1) is 17.5 Å². The fourth-order valence-corrected chi connectivity index (χ4v) is 2.18. The maximum Gasteiger partial charge on any atom is 0.331 e. The second kappa shape index (κ2) is 7.09. The smallest absolute Gasteiger partial charge is 0.331 e. The summed E-state index contributed by atoms with van der Waals surface area (Å²) in [5, 5.41) is 9.19. The number of methoxy groups -OCH3 is 1. The molecular weight excluding hydrogens is 335 g/mol. The maximum absolute atomic E-state index is 13.4. The van der Waals surface area contributed by atoms with E-state index >= 15 is 0 Å². The Morgan fingerprint density at radius 3 is 2.70 bits per heavy atom. The molecule has 1 saturated heterocycles. The van der Waals surface area contributed by atoms with Crippen LogP contribution < -0.4 is 5.32 Å². The Bertz CT molecular complexity index is 762. The zero-order chi connectivity index (χ0) is 17.0. The highest BCUT2D eigenvalue weighted by Gasteiger charge is 2.25. The molecule has 1 aromatic rings. The average molecular weight is 343 g/mol. The van der Waals surface area contributed by atoms with Gasteiger partial charge in [-0.25, -0.2) is 18.0 Å². The molecule has 1 heterocycles. The molecule has 0 saturated carbocycles. The Labute approximate surface area is 132 Å². The van der Waals surface area contributed by atoms with E-state index in [2.05, 4.69) is 20.3 Å². The Balaban J connectivity index is 2.16. The lowest BCUT2D eigenvalue weighted by Gasteiger charge is -1.98. The van der Waals surface area contributed by atoms with E-state index in [4.69, 9.17) is 0 Å². The normalized spacial score (nSPS) is 18.0. The molecule has 120 valence electrons. The van der Waals surface area contributed by atoms with Crippen molar-refractivity contribution in [3.63, 3.8) is 0 Å². The Morgan fingerprint density at radius 1 is 1.30 bits per heavy atom. The Kier molecular flexibility index (Phi) is 5.16. The summed E-state index contributed by atoms with van der Waals surface area (Å²) in [5.41, 5.74) is -0.700. The number of carbonyl (C=O) groups excluding carboxylic acids is 2. The largest absolute Gasteiger partial charge is 0.466 e. The van der Waals surface area contributed by atoms with Crippen molar-refractivity contribution in [2.75, 3.05) is 7.11 Å². The quantitative estimate of drug-likeness (QED) is 0.298. The summed E-state index contributed by atoms with van der Waals surface area (Å²) < 4.78 is 44.1. The summed E-state index contributed by atoms with van der Waals surface area (Å²) >= 11 is 0.783. The van der Waals surface area contributed by atoms with Gasteiger partial charge in [0.05, 0.1) is 23.8 Å². The molecule has 1 aliphatic rings. The van der Waals surface area contributed by atoms with Crippen LogP contribution in [0.2, 0.25) is 0 Å². The lowest BCUT2D eigenvalue weighted by molar-refractivity contribution is -0.135. The van der Waals surface area contributed by atoms with E-state index in [9.17, 15) is 22.8 Å². The molecule has 0 unspecified atom stereocenters. The van der Waals surface area contributed by atoms with Gasteiger partial charge in [0, 0.05) is 6.08 Å². The molecular formula is C13H8F3N3O3S. The molecule has 1 fully saturated rings. The summed E-state index contributed by atoms with van der Waals surface area (Å²) in [5.74, 6) is -4.97. The van der Waals surface area contributed by atoms with Gasteiger partial charge in [0.25, 0.3) is 5.91 Å². The van der Waals surface area contributed by atoms with Crippen molar-refractivity contribution in [3.05, 3.63) is 46.1 Å². The maximum atomic E-state index is 13.4. The Hall–Kier alpha value is -2.62. The van der Waals surface area contributed by atoms with Gasteiger partial charge in [0.2, 0.25) is 0 Å². The van der Waals surface area contributed by atoms with Gasteiger partial charge >= 0.3 is 5.97 Å². The topological polar surface area (TPSA) is 80.1 Å². The van der Waals surface area contributed by atoms with Crippen molar-refractivity contribution >= 4 is 35.0 Å². The first-order valence-corrected chi connectivity index (χ1v) is 6.77. The van der Waals surface area contributed by atoms with Crippen LogP contribution >= 0.6 is 11.8 Å². The molecule has 1 aromatic carbocycles. The summed E-state index contributed by atoms with van der Waals surface area (Å²) in [4.78, 5) is 22.6. The number of ether oxygens (including phenoxy) is 1. The molecule has 1 aliphatic heterocycles. The van der Waals surface area contributed by atoms with Gasteiger partial charge in [-0.1, -0.05) is 0 Å². The molecule has 0 radical (unpaired) electrons. The summed E-state index contributed by atoms with van der Waals surface area (Å²) in [6.45, 7) is 0. The molecule has 6 nitrogen and oxygen atoms in total. The summed E-state index contributed by atoms with van der Waals surface area (Å²) in [6.07, 6.45) is 1.63. The number of amides is 1. The van der Waals surface area contributed by atoms with Crippen LogP contribution in [0.3, 0.4) is 0 Å². The molecule has 10 heteroatoms. The molecule has 23 heavy (non-hydrogen) atoms. The van der Waals surface area contributed by atoms with Crippen molar-refractivity contribution in [1.29, 1.82) is 0 Å². The van der Waals surface area contributed by atoms with E-state index in [1.807, 2.05) is 0 Å². The van der Waals surface area contributed by atoms with E-state index in [1.54, 1.807) is 0 Å². The van der Waals surface area contributed by atoms with Gasteiger partial charge in [-0.05, 0) is 23.9 Å². The highest BCUT2D eigenvalue weighted by Crippen LogP contribution is 2.23. The fraction of sp³-hybridized carbons (Fsp3) is 0.0769. The highest BCUT2D eigenvalue weighted by molar-refractivity contribution is 8.18. The average Bonchev–Trinajstić information content (AvgIpc) is 2.86. The zero-order valence-electron chi connectivity index (χ0n) is 11.5. The van der Waals surface area contributed by atoms with Gasteiger partial charge in [-0.15, -0.1) is 5.10 Å². The van der Waals surface area contributed by atoms with Crippen LogP contribution in [0.4, 0.5) is 13.2 Å². The van der Waals surface area contributed by atoms with Crippen molar-refractivity contribution in [3.8, 4) is 0 Å². The number of carbonyl (C=O) groups is 2. The fourth-order valence-electron chi connectivity index (χ4n) is 1.44. The molecule has 0 bridgehead atoms. The number of esters is 1. The van der Waals surface area contributed by atoms with E-state index in [1.165, 1.54) is 0 Å². The summed E-state index contributed by atoms with van der Waals surface area (Å²) in [6, 6.07) is 1.39. The predicted molar refractivity (Wildman–Crippen MR) is 77.2 cm³/mol. The second-order valence-electron chi connectivity index (χ2n) is 3.99. The standard InChI is InChI=1S/C13H8F3N3O3S/c1-22-10(20)4-9-12(21)18-13(23-9)19-17-5-6-7(14)2-3-8(15)11(6)16/h2-5H,1H3,(H,18,19,21)/b9-4+,17-5?. The van der Waals surface area contributed by atoms with Crippen molar-refractivity contribution in [2.45, 2.75) is 0 Å². The zero-order valence-corrected chi connectivity index (χ0v) is 12.3. The number of thioether (sulfide) groups is 1. The molecule has 0 aromatic heterocycles. The number of benzene rings is 1. The number of rotatable bonds is 3. The van der Waals surface area contributed by atoms with Crippen LogP contribution in [0.5, 0.6) is 0 Å². The SMILES string of the molecule is COC(=O)/C=C1/S/C(=N\N=Cc2c(F)ccc(F)c2F)NC1=O. The second-order valence-corrected chi connectivity index (χ2v) is 5.03. The highest BCUT2D eigenvalue weighted by atomic mass is 32.2. The van der Waals surface area contributed by atoms with Gasteiger partial charge in [0.15, 0.2) is 16.8 Å². The third kappa shape index (κ3) is 3.97. The number of amidine groups is 1. The molecule has 2 rings (SSSR count). The van der Waals surface area contributed by atoms with Crippen LogP contribution in [-0.2, 0) is 14.3 Å². The molecule has 0 aliphatic carbocycles. The number of halogens is 3. The van der Waals surface area contributed by atoms with Crippen molar-refractivity contribution in [1.82, 2.24) is 5.32 Å². The summed E-state index contributed by atoms with van der Waals surface area (Å²) in [7, 11) is 1.15. The Morgan fingerprint density at radius 2 is 2.00 bits per heavy atom. The van der Waals surface area contributed by atoms with Crippen LogP contribution in [0.15, 0.2) is 33.3 Å². The van der Waals surface area contributed by atoms with Gasteiger partial charge in [-0.2, -0.15) is 5.10 Å². The van der Waals surface area contributed by atoms with Gasteiger partial charge < -0.3 is 4.74 Å². The molecule has 0 atom stereocenters. The number of hydrogen-bond donors (Lipinski definition) is 1. The lowest BCUT2D eigenvalue weighted by Crippen LogP contribution is -2.19. The van der Waals surface area contributed by atoms with Crippen LogP contribution in [0.1, 0.15) is 5.56 Å². The minimum atomic E-state index is -1.40.